The lowest BCUT2D eigenvalue weighted by atomic mass is 10.0. The maximum Gasteiger partial charge on any atom is 0.251 e. The monoisotopic (exact) mass is 338 g/mol. The Morgan fingerprint density at radius 2 is 2.20 bits per heavy atom. The van der Waals surface area contributed by atoms with E-state index in [1.165, 1.54) is 6.42 Å². The van der Waals surface area contributed by atoms with Crippen molar-refractivity contribution in [2.75, 3.05) is 25.4 Å². The Morgan fingerprint density at radius 1 is 1.36 bits per heavy atom. The number of nitrogens with one attached hydrogen (secondary N) is 1. The molecule has 0 saturated carbocycles. The number of benzene rings is 1. The van der Waals surface area contributed by atoms with Crippen LogP contribution >= 0.6 is 0 Å². The number of hydrogen-bond acceptors (Lipinski definition) is 4. The van der Waals surface area contributed by atoms with Gasteiger partial charge in [-0.25, -0.2) is 4.98 Å². The topological polar surface area (TPSA) is 71.2 Å². The number of aryl methyl sites for hydroxylation is 1. The first kappa shape index (κ1) is 17.4. The number of carbonyl (C=O) groups excluding carboxylic acids is 1. The first-order chi connectivity index (χ1) is 12.1. The van der Waals surface area contributed by atoms with Crippen molar-refractivity contribution in [3.8, 4) is 11.1 Å². The van der Waals surface area contributed by atoms with Crippen LogP contribution in [0.15, 0.2) is 36.5 Å². The fourth-order valence-corrected chi connectivity index (χ4v) is 3.44. The summed E-state index contributed by atoms with van der Waals surface area (Å²) in [6.45, 7) is 6.99. The number of nitrogen functional groups attached to an aromatic ring is 1. The lowest BCUT2D eigenvalue weighted by molar-refractivity contribution is 0.0941. The molecule has 1 fully saturated rings. The molecule has 25 heavy (non-hydrogen) atoms. The molecule has 1 saturated heterocycles. The quantitative estimate of drug-likeness (QED) is 0.879. The standard InChI is InChI=1S/C20H26N4O/c1-3-24-9-5-8-18(24)13-23-20(25)16-7-4-6-15(11-16)17-10-14(2)19(21)22-12-17/h4,6-7,10-12,18H,3,5,8-9,13H2,1-2H3,(H2,21,22)(H,23,25). The van der Waals surface area contributed by atoms with Crippen molar-refractivity contribution in [2.24, 2.45) is 0 Å². The van der Waals surface area contributed by atoms with E-state index in [-0.39, 0.29) is 5.91 Å². The van der Waals surface area contributed by atoms with E-state index in [1.54, 1.807) is 6.20 Å². The molecule has 1 atom stereocenters. The van der Waals surface area contributed by atoms with Gasteiger partial charge in [-0.3, -0.25) is 9.69 Å². The fourth-order valence-electron chi connectivity index (χ4n) is 3.44. The predicted octanol–water partition coefficient (Wildman–Crippen LogP) is 2.85. The van der Waals surface area contributed by atoms with Gasteiger partial charge in [-0.2, -0.15) is 0 Å². The molecule has 2 heterocycles. The number of likely N-dealkylation sites (tertiary alicyclic amines) is 1. The van der Waals surface area contributed by atoms with E-state index >= 15 is 0 Å². The van der Waals surface area contributed by atoms with Crippen LogP contribution in [0.3, 0.4) is 0 Å². The van der Waals surface area contributed by atoms with Crippen LogP contribution in [0.25, 0.3) is 11.1 Å². The predicted molar refractivity (Wildman–Crippen MR) is 101 cm³/mol. The van der Waals surface area contributed by atoms with Crippen LogP contribution in [-0.4, -0.2) is 41.5 Å². The van der Waals surface area contributed by atoms with Gasteiger partial charge in [0.2, 0.25) is 0 Å². The summed E-state index contributed by atoms with van der Waals surface area (Å²) in [5.41, 5.74) is 9.34. The average molecular weight is 338 g/mol. The molecule has 1 amide bonds. The minimum atomic E-state index is -0.0232. The van der Waals surface area contributed by atoms with E-state index in [9.17, 15) is 4.79 Å². The second-order valence-corrected chi connectivity index (χ2v) is 6.64. The maximum atomic E-state index is 12.5. The summed E-state index contributed by atoms with van der Waals surface area (Å²) in [6.07, 6.45) is 4.12. The smallest absolute Gasteiger partial charge is 0.251 e. The van der Waals surface area contributed by atoms with Crippen LogP contribution in [0.4, 0.5) is 5.82 Å². The highest BCUT2D eigenvalue weighted by Crippen LogP contribution is 2.22. The highest BCUT2D eigenvalue weighted by Gasteiger charge is 2.23. The zero-order chi connectivity index (χ0) is 17.8. The molecule has 1 aromatic carbocycles. The summed E-state index contributed by atoms with van der Waals surface area (Å²) < 4.78 is 0. The van der Waals surface area contributed by atoms with Gasteiger partial charge in [0.15, 0.2) is 0 Å². The van der Waals surface area contributed by atoms with E-state index in [0.29, 0.717) is 24.0 Å². The minimum Gasteiger partial charge on any atom is -0.383 e. The van der Waals surface area contributed by atoms with E-state index in [0.717, 1.165) is 36.2 Å². The Hall–Kier alpha value is -2.40. The van der Waals surface area contributed by atoms with E-state index in [1.807, 2.05) is 37.3 Å². The molecule has 5 heteroatoms. The summed E-state index contributed by atoms with van der Waals surface area (Å²) in [6, 6.07) is 10.1. The van der Waals surface area contributed by atoms with Gasteiger partial charge in [-0.05, 0) is 62.2 Å². The Bertz CT molecular complexity index is 759. The number of nitrogens with zero attached hydrogens (tertiary/aromatic N) is 2. The zero-order valence-corrected chi connectivity index (χ0v) is 15.0. The first-order valence-electron chi connectivity index (χ1n) is 8.93. The van der Waals surface area contributed by atoms with Gasteiger partial charge in [0, 0.05) is 29.9 Å². The highest BCUT2D eigenvalue weighted by molar-refractivity contribution is 5.95. The van der Waals surface area contributed by atoms with Crippen LogP contribution in [0.2, 0.25) is 0 Å². The number of carbonyl (C=O) groups is 1. The number of aromatic nitrogens is 1. The van der Waals surface area contributed by atoms with Crippen molar-refractivity contribution in [3.63, 3.8) is 0 Å². The molecule has 3 rings (SSSR count). The number of nitrogens with two attached hydrogens (primary N) is 1. The van der Waals surface area contributed by atoms with Crippen LogP contribution in [0.5, 0.6) is 0 Å². The summed E-state index contributed by atoms with van der Waals surface area (Å²) in [5, 5.41) is 3.09. The van der Waals surface area contributed by atoms with Crippen molar-refractivity contribution < 1.29 is 4.79 Å². The van der Waals surface area contributed by atoms with Crippen LogP contribution in [0, 0.1) is 6.92 Å². The normalized spacial score (nSPS) is 17.6. The van der Waals surface area contributed by atoms with Gasteiger partial charge in [0.1, 0.15) is 5.82 Å². The van der Waals surface area contributed by atoms with Gasteiger partial charge in [0.25, 0.3) is 5.91 Å². The summed E-state index contributed by atoms with van der Waals surface area (Å²) in [4.78, 5) is 19.2. The fraction of sp³-hybridized carbons (Fsp3) is 0.400. The highest BCUT2D eigenvalue weighted by atomic mass is 16.1. The molecule has 0 spiro atoms. The van der Waals surface area contributed by atoms with E-state index in [4.69, 9.17) is 5.73 Å². The molecule has 5 nitrogen and oxygen atoms in total. The van der Waals surface area contributed by atoms with Crippen molar-refractivity contribution in [1.82, 2.24) is 15.2 Å². The molecular weight excluding hydrogens is 312 g/mol. The molecule has 1 aromatic heterocycles. The van der Waals surface area contributed by atoms with Crippen molar-refractivity contribution in [1.29, 1.82) is 0 Å². The molecule has 3 N–H and O–H groups in total. The Morgan fingerprint density at radius 3 is 2.96 bits per heavy atom. The molecule has 2 aromatic rings. The lowest BCUT2D eigenvalue weighted by Crippen LogP contribution is -2.40. The first-order valence-corrected chi connectivity index (χ1v) is 8.93. The van der Waals surface area contributed by atoms with Crippen molar-refractivity contribution >= 4 is 11.7 Å². The zero-order valence-electron chi connectivity index (χ0n) is 15.0. The van der Waals surface area contributed by atoms with Gasteiger partial charge in [-0.1, -0.05) is 19.1 Å². The molecular formula is C20H26N4O. The summed E-state index contributed by atoms with van der Waals surface area (Å²) >= 11 is 0. The summed E-state index contributed by atoms with van der Waals surface area (Å²) in [5.74, 6) is 0.514. The third-order valence-electron chi connectivity index (χ3n) is 4.98. The van der Waals surface area contributed by atoms with Gasteiger partial charge in [-0.15, -0.1) is 0 Å². The maximum absolute atomic E-state index is 12.5. The van der Waals surface area contributed by atoms with Gasteiger partial charge < -0.3 is 11.1 Å². The summed E-state index contributed by atoms with van der Waals surface area (Å²) in [7, 11) is 0. The largest absolute Gasteiger partial charge is 0.383 e. The number of hydrogen-bond donors (Lipinski definition) is 2. The molecule has 0 radical (unpaired) electrons. The second kappa shape index (κ2) is 7.66. The lowest BCUT2D eigenvalue weighted by Gasteiger charge is -2.22. The SMILES string of the molecule is CCN1CCCC1CNC(=O)c1cccc(-c2cnc(N)c(C)c2)c1. The number of likely N-dealkylation sites (N-methyl/N-ethyl adjacent to an activating group) is 1. The van der Waals surface area contributed by atoms with Crippen LogP contribution in [0.1, 0.15) is 35.7 Å². The number of anilines is 1. The third-order valence-corrected chi connectivity index (χ3v) is 4.98. The number of rotatable bonds is 5. The molecule has 1 aliphatic heterocycles. The minimum absolute atomic E-state index is 0.0232. The van der Waals surface area contributed by atoms with Gasteiger partial charge >= 0.3 is 0 Å². The molecule has 1 unspecified atom stereocenters. The molecule has 0 aliphatic carbocycles. The second-order valence-electron chi connectivity index (χ2n) is 6.64. The molecule has 1 aliphatic rings. The van der Waals surface area contributed by atoms with E-state index < -0.39 is 0 Å². The average Bonchev–Trinajstić information content (AvgIpc) is 3.09. The third kappa shape index (κ3) is 3.99. The number of amides is 1. The van der Waals surface area contributed by atoms with Crippen molar-refractivity contribution in [3.05, 3.63) is 47.7 Å². The molecule has 132 valence electrons. The van der Waals surface area contributed by atoms with Crippen LogP contribution in [-0.2, 0) is 0 Å². The van der Waals surface area contributed by atoms with Crippen molar-refractivity contribution in [2.45, 2.75) is 32.7 Å². The number of pyridine rings is 1. The van der Waals surface area contributed by atoms with E-state index in [2.05, 4.69) is 22.1 Å². The molecule has 0 bridgehead atoms. The Labute approximate surface area is 149 Å². The Kier molecular flexibility index (Phi) is 5.34. The van der Waals surface area contributed by atoms with Gasteiger partial charge in [0.05, 0.1) is 0 Å². The Balaban J connectivity index is 1.70. The van der Waals surface area contributed by atoms with Crippen LogP contribution < -0.4 is 11.1 Å².